The van der Waals surface area contributed by atoms with Crippen molar-refractivity contribution in [3.8, 4) is 0 Å². The first-order valence-electron chi connectivity index (χ1n) is 12.0. The Balaban J connectivity index is 1.94. The van der Waals surface area contributed by atoms with Gasteiger partial charge in [0.1, 0.15) is 18.8 Å². The zero-order valence-corrected chi connectivity index (χ0v) is 19.0. The molecule has 0 bridgehead atoms. The van der Waals surface area contributed by atoms with E-state index in [2.05, 4.69) is 19.1 Å². The van der Waals surface area contributed by atoms with E-state index in [0.717, 1.165) is 38.5 Å². The second-order valence-electron chi connectivity index (χ2n) is 8.42. The Morgan fingerprint density at radius 2 is 1.42 bits per heavy atom. The van der Waals surface area contributed by atoms with E-state index in [1.165, 1.54) is 44.9 Å². The van der Waals surface area contributed by atoms with E-state index in [9.17, 15) is 24.9 Å². The van der Waals surface area contributed by atoms with Crippen molar-refractivity contribution in [3.05, 3.63) is 12.2 Å². The molecule has 0 aromatic carbocycles. The van der Waals surface area contributed by atoms with Gasteiger partial charge in [-0.05, 0) is 32.1 Å². The first kappa shape index (κ1) is 27.6. The molecule has 4 unspecified atom stereocenters. The van der Waals surface area contributed by atoms with Crippen LogP contribution in [-0.4, -0.2) is 58.3 Å². The zero-order chi connectivity index (χ0) is 22.9. The van der Waals surface area contributed by atoms with Crippen LogP contribution in [0.5, 0.6) is 0 Å². The van der Waals surface area contributed by atoms with Gasteiger partial charge in [-0.1, -0.05) is 70.4 Å². The van der Waals surface area contributed by atoms with Crippen LogP contribution in [0.1, 0.15) is 96.8 Å². The second-order valence-corrected chi connectivity index (χ2v) is 8.42. The maximum atomic E-state index is 11.8. The van der Waals surface area contributed by atoms with Crippen LogP contribution in [0.25, 0.3) is 0 Å². The van der Waals surface area contributed by atoms with Crippen molar-refractivity contribution in [1.29, 1.82) is 0 Å². The Bertz CT molecular complexity index is 520. The number of hydrogen-bond donors (Lipinski definition) is 3. The van der Waals surface area contributed by atoms with Crippen LogP contribution in [0.4, 0.5) is 0 Å². The molecule has 3 N–H and O–H groups in total. The average molecular weight is 443 g/mol. The van der Waals surface area contributed by atoms with Crippen molar-refractivity contribution < 1.29 is 34.4 Å². The third-order valence-corrected chi connectivity index (χ3v) is 5.61. The molecular weight excluding hydrogens is 400 g/mol. The smallest absolute Gasteiger partial charge is 0.338 e. The lowest BCUT2D eigenvalue weighted by atomic mass is 10.0. The third kappa shape index (κ3) is 12.2. The van der Waals surface area contributed by atoms with E-state index >= 15 is 0 Å². The van der Waals surface area contributed by atoms with Gasteiger partial charge in [0.25, 0.3) is 0 Å². The Morgan fingerprint density at radius 1 is 0.871 bits per heavy atom. The molecule has 1 aliphatic rings. The Labute approximate surface area is 186 Å². The fourth-order valence-electron chi connectivity index (χ4n) is 3.55. The SMILES string of the molecule is CCCCCCCC/C=C\CCCCCCCC(=O)OCC1OC(=O)C(O)C(O)C1O. The van der Waals surface area contributed by atoms with Gasteiger partial charge in [0.05, 0.1) is 0 Å². The van der Waals surface area contributed by atoms with Gasteiger partial charge >= 0.3 is 11.9 Å². The molecule has 1 rings (SSSR count). The van der Waals surface area contributed by atoms with Crippen molar-refractivity contribution >= 4 is 11.9 Å². The summed E-state index contributed by atoms with van der Waals surface area (Å²) in [7, 11) is 0. The van der Waals surface area contributed by atoms with Crippen LogP contribution >= 0.6 is 0 Å². The molecule has 0 aromatic heterocycles. The van der Waals surface area contributed by atoms with Gasteiger partial charge in [0.2, 0.25) is 0 Å². The van der Waals surface area contributed by atoms with E-state index < -0.39 is 36.4 Å². The van der Waals surface area contributed by atoms with Crippen LogP contribution in [0.2, 0.25) is 0 Å². The monoisotopic (exact) mass is 442 g/mol. The summed E-state index contributed by atoms with van der Waals surface area (Å²) in [5.74, 6) is -1.46. The number of carbonyl (C=O) groups excluding carboxylic acids is 2. The molecule has 4 atom stereocenters. The van der Waals surface area contributed by atoms with Crippen LogP contribution in [0, 0.1) is 0 Å². The van der Waals surface area contributed by atoms with Crippen molar-refractivity contribution in [1.82, 2.24) is 0 Å². The van der Waals surface area contributed by atoms with Gasteiger partial charge in [0, 0.05) is 6.42 Å². The highest BCUT2D eigenvalue weighted by molar-refractivity contribution is 5.76. The number of cyclic esters (lactones) is 1. The average Bonchev–Trinajstić information content (AvgIpc) is 2.76. The largest absolute Gasteiger partial charge is 0.462 e. The molecule has 0 aliphatic carbocycles. The predicted molar refractivity (Wildman–Crippen MR) is 118 cm³/mol. The van der Waals surface area contributed by atoms with Crippen molar-refractivity contribution in [2.45, 2.75) is 121 Å². The first-order valence-corrected chi connectivity index (χ1v) is 12.0. The summed E-state index contributed by atoms with van der Waals surface area (Å²) in [6.07, 6.45) is 14.1. The topological polar surface area (TPSA) is 113 Å². The highest BCUT2D eigenvalue weighted by Gasteiger charge is 2.44. The van der Waals surface area contributed by atoms with E-state index in [4.69, 9.17) is 9.47 Å². The summed E-state index contributed by atoms with van der Waals surface area (Å²) >= 11 is 0. The molecule has 31 heavy (non-hydrogen) atoms. The molecule has 0 spiro atoms. The summed E-state index contributed by atoms with van der Waals surface area (Å²) in [5, 5.41) is 28.6. The number of ether oxygens (including phenoxy) is 2. The number of rotatable bonds is 17. The molecular formula is C24H42O7. The molecule has 180 valence electrons. The molecule has 1 fully saturated rings. The van der Waals surface area contributed by atoms with E-state index in [-0.39, 0.29) is 13.0 Å². The molecule has 0 amide bonds. The second kappa shape index (κ2) is 17.2. The number of unbranched alkanes of at least 4 members (excludes halogenated alkanes) is 11. The van der Waals surface area contributed by atoms with Crippen LogP contribution in [-0.2, 0) is 19.1 Å². The minimum absolute atomic E-state index is 0.264. The van der Waals surface area contributed by atoms with Gasteiger partial charge in [-0.25, -0.2) is 4.79 Å². The number of allylic oxidation sites excluding steroid dienone is 2. The maximum absolute atomic E-state index is 11.8. The maximum Gasteiger partial charge on any atom is 0.338 e. The van der Waals surface area contributed by atoms with Crippen molar-refractivity contribution in [2.24, 2.45) is 0 Å². The Kier molecular flexibility index (Phi) is 15.3. The molecule has 1 saturated heterocycles. The van der Waals surface area contributed by atoms with E-state index in [1.54, 1.807) is 0 Å². The van der Waals surface area contributed by atoms with Gasteiger partial charge in [0.15, 0.2) is 12.2 Å². The van der Waals surface area contributed by atoms with E-state index in [1.807, 2.05) is 0 Å². The van der Waals surface area contributed by atoms with Gasteiger partial charge in [-0.2, -0.15) is 0 Å². The van der Waals surface area contributed by atoms with Crippen LogP contribution in [0.3, 0.4) is 0 Å². The number of hydrogen-bond acceptors (Lipinski definition) is 7. The fourth-order valence-corrected chi connectivity index (χ4v) is 3.55. The zero-order valence-electron chi connectivity index (χ0n) is 19.0. The molecule has 1 heterocycles. The molecule has 0 aromatic rings. The van der Waals surface area contributed by atoms with E-state index in [0.29, 0.717) is 0 Å². The minimum atomic E-state index is -1.78. The summed E-state index contributed by atoms with van der Waals surface area (Å²) in [5.41, 5.74) is 0. The highest BCUT2D eigenvalue weighted by atomic mass is 16.6. The molecule has 7 nitrogen and oxygen atoms in total. The lowest BCUT2D eigenvalue weighted by molar-refractivity contribution is -0.209. The van der Waals surface area contributed by atoms with Gasteiger partial charge in [-0.3, -0.25) is 4.79 Å². The summed E-state index contributed by atoms with van der Waals surface area (Å²) in [4.78, 5) is 23.1. The first-order chi connectivity index (χ1) is 15.0. The Hall–Kier alpha value is -1.44. The number of aliphatic hydroxyl groups is 3. The normalized spacial score (nSPS) is 23.8. The molecule has 7 heteroatoms. The van der Waals surface area contributed by atoms with Crippen molar-refractivity contribution in [3.63, 3.8) is 0 Å². The Morgan fingerprint density at radius 3 is 2.03 bits per heavy atom. The van der Waals surface area contributed by atoms with Crippen molar-refractivity contribution in [2.75, 3.05) is 6.61 Å². The number of aliphatic hydroxyl groups excluding tert-OH is 3. The van der Waals surface area contributed by atoms with Crippen LogP contribution in [0.15, 0.2) is 12.2 Å². The van der Waals surface area contributed by atoms with Gasteiger partial charge < -0.3 is 24.8 Å². The summed E-state index contributed by atoms with van der Waals surface area (Å²) in [6.45, 7) is 1.91. The number of carbonyl (C=O) groups is 2. The summed E-state index contributed by atoms with van der Waals surface area (Å²) < 4.78 is 9.81. The quantitative estimate of drug-likeness (QED) is 0.179. The number of esters is 2. The standard InChI is InChI=1S/C24H42O7/c1-2-3-4-5-6-7-8-9-10-11-12-13-14-15-16-17-20(25)30-18-19-21(26)22(27)23(28)24(29)31-19/h9-10,19,21-23,26-28H,2-8,11-18H2,1H3/b10-9-. The molecule has 1 aliphatic heterocycles. The minimum Gasteiger partial charge on any atom is -0.462 e. The predicted octanol–water partition coefficient (Wildman–Crippen LogP) is 3.58. The lowest BCUT2D eigenvalue weighted by Gasteiger charge is -2.33. The third-order valence-electron chi connectivity index (χ3n) is 5.61. The summed E-state index contributed by atoms with van der Waals surface area (Å²) in [6, 6.07) is 0. The lowest BCUT2D eigenvalue weighted by Crippen LogP contribution is -2.56. The molecule has 0 saturated carbocycles. The fraction of sp³-hybridized carbons (Fsp3) is 0.833. The highest BCUT2D eigenvalue weighted by Crippen LogP contribution is 2.17. The molecule has 0 radical (unpaired) electrons. The van der Waals surface area contributed by atoms with Crippen LogP contribution < -0.4 is 0 Å². The van der Waals surface area contributed by atoms with Gasteiger partial charge in [-0.15, -0.1) is 0 Å².